The van der Waals surface area contributed by atoms with Crippen LogP contribution in [0.3, 0.4) is 0 Å². The lowest BCUT2D eigenvalue weighted by atomic mass is 10.1. The van der Waals surface area contributed by atoms with Crippen molar-refractivity contribution in [3.8, 4) is 0 Å². The topological polar surface area (TPSA) is 70.7 Å². The van der Waals surface area contributed by atoms with E-state index in [1.165, 1.54) is 0 Å². The first-order chi connectivity index (χ1) is 20.0. The average molecular weight is 551 g/mol. The maximum Gasteiger partial charge on any atom is 0.328 e. The second-order valence-corrected chi connectivity index (χ2v) is 11.2. The van der Waals surface area contributed by atoms with E-state index in [-0.39, 0.29) is 18.1 Å². The van der Waals surface area contributed by atoms with Gasteiger partial charge < -0.3 is 9.80 Å². The quantitative estimate of drug-likeness (QED) is 0.371. The molecule has 3 aromatic rings. The fourth-order valence-corrected chi connectivity index (χ4v) is 6.46. The number of fused-ring (bicyclic) bond motifs is 16. The van der Waals surface area contributed by atoms with Gasteiger partial charge in [-0.1, -0.05) is 36.4 Å². The van der Waals surface area contributed by atoms with E-state index in [9.17, 15) is 14.4 Å². The number of nitrogens with zero attached hydrogens (tertiary/aromatic N) is 6. The molecule has 7 rings (SSSR count). The summed E-state index contributed by atoms with van der Waals surface area (Å²) >= 11 is 0. The first-order valence-corrected chi connectivity index (χ1v) is 14.5. The van der Waals surface area contributed by atoms with E-state index in [0.29, 0.717) is 52.4 Å². The maximum atomic E-state index is 13.8. The van der Waals surface area contributed by atoms with Crippen LogP contribution in [-0.4, -0.2) is 67.2 Å². The van der Waals surface area contributed by atoms with Gasteiger partial charge in [0.25, 0.3) is 0 Å². The number of carbonyl (C=O) groups excluding carboxylic acids is 3. The second kappa shape index (κ2) is 10.5. The van der Waals surface area contributed by atoms with Gasteiger partial charge in [-0.3, -0.25) is 19.6 Å². The van der Waals surface area contributed by atoms with Crippen LogP contribution in [-0.2, 0) is 13.1 Å². The molecule has 9 heteroatoms. The van der Waals surface area contributed by atoms with E-state index >= 15 is 0 Å². The molecule has 9 nitrogen and oxygen atoms in total. The van der Waals surface area contributed by atoms with Crippen LogP contribution in [0.4, 0.5) is 37.1 Å². The van der Waals surface area contributed by atoms with Crippen molar-refractivity contribution in [1.29, 1.82) is 0 Å². The predicted molar refractivity (Wildman–Crippen MR) is 160 cm³/mol. The largest absolute Gasteiger partial charge is 0.328 e. The van der Waals surface area contributed by atoms with Crippen molar-refractivity contribution in [3.05, 3.63) is 83.9 Å². The Hall–Kier alpha value is -4.53. The number of benzene rings is 3. The molecule has 0 spiro atoms. The van der Waals surface area contributed by atoms with Crippen LogP contribution in [0.2, 0.25) is 0 Å². The summed E-state index contributed by atoms with van der Waals surface area (Å²) in [6.45, 7) is 4.89. The van der Waals surface area contributed by atoms with Crippen LogP contribution in [0.1, 0.15) is 30.4 Å². The van der Waals surface area contributed by atoms with Crippen LogP contribution in [0.25, 0.3) is 0 Å². The third kappa shape index (κ3) is 4.75. The molecule has 3 aromatic carbocycles. The molecule has 41 heavy (non-hydrogen) atoms. The van der Waals surface area contributed by atoms with E-state index in [4.69, 9.17) is 0 Å². The number of carbonyl (C=O) groups is 3. The number of urea groups is 3. The lowest BCUT2D eigenvalue weighted by molar-refractivity contribution is 0.192. The van der Waals surface area contributed by atoms with Gasteiger partial charge in [-0.25, -0.2) is 14.4 Å². The highest BCUT2D eigenvalue weighted by atomic mass is 16.2. The molecule has 3 saturated heterocycles. The van der Waals surface area contributed by atoms with Crippen molar-refractivity contribution in [3.63, 3.8) is 0 Å². The zero-order valence-electron chi connectivity index (χ0n) is 23.1. The minimum absolute atomic E-state index is 0.0292. The maximum absolute atomic E-state index is 13.8. The third-order valence-corrected chi connectivity index (χ3v) is 8.49. The van der Waals surface area contributed by atoms with E-state index in [0.717, 1.165) is 53.1 Å². The van der Waals surface area contributed by atoms with Gasteiger partial charge in [0.2, 0.25) is 0 Å². The van der Waals surface area contributed by atoms with Gasteiger partial charge >= 0.3 is 18.1 Å². The van der Waals surface area contributed by atoms with Gasteiger partial charge in [0.05, 0.1) is 0 Å². The van der Waals surface area contributed by atoms with E-state index in [1.54, 1.807) is 9.80 Å². The van der Waals surface area contributed by atoms with Crippen LogP contribution < -0.4 is 19.6 Å². The Labute approximate surface area is 240 Å². The summed E-state index contributed by atoms with van der Waals surface area (Å²) in [6.07, 6.45) is 2.53. The fraction of sp³-hybridized carbons (Fsp3) is 0.344. The SMILES string of the molecule is O=C1N2CCCN1c1cccc(c1)N1CCCN(C1=O)c1cccc(c1)N1CCCN(Cc3cccc(c3)C2)C1=O. The molecule has 3 fully saturated rings. The molecule has 4 aliphatic rings. The summed E-state index contributed by atoms with van der Waals surface area (Å²) in [6, 6.07) is 23.6. The standard InChI is InChI=1S/C32H34N6O3/c39-30-33-13-4-15-35(30)26-9-2-11-28(20-26)37-17-6-18-38(32(37)41)29-12-3-10-27(21-29)36-16-5-14-34(31(36)40)23-25-8-1-7-24(19-25)22-33/h1-3,7-12,19-21H,4-6,13-18,22-23H2. The summed E-state index contributed by atoms with van der Waals surface area (Å²) < 4.78 is 0. The lowest BCUT2D eigenvalue weighted by Gasteiger charge is -2.39. The summed E-state index contributed by atoms with van der Waals surface area (Å²) in [5.41, 5.74) is 5.27. The van der Waals surface area contributed by atoms with Crippen LogP contribution in [0.15, 0.2) is 72.8 Å². The molecule has 6 amide bonds. The van der Waals surface area contributed by atoms with Gasteiger partial charge in [0, 0.05) is 75.1 Å². The molecule has 0 N–H and O–H groups in total. The highest BCUT2D eigenvalue weighted by Gasteiger charge is 2.32. The zero-order valence-corrected chi connectivity index (χ0v) is 23.1. The molecule has 210 valence electrons. The summed E-state index contributed by atoms with van der Waals surface area (Å²) in [7, 11) is 0. The first kappa shape index (κ1) is 25.4. The van der Waals surface area contributed by atoms with Crippen molar-refractivity contribution in [1.82, 2.24) is 9.80 Å². The van der Waals surface area contributed by atoms with Crippen molar-refractivity contribution in [2.75, 3.05) is 58.9 Å². The summed E-state index contributed by atoms with van der Waals surface area (Å²) in [4.78, 5) is 52.2. The van der Waals surface area contributed by atoms with Crippen LogP contribution in [0, 0.1) is 0 Å². The van der Waals surface area contributed by atoms with Gasteiger partial charge in [0.1, 0.15) is 0 Å². The Morgan fingerprint density at radius 1 is 0.415 bits per heavy atom. The number of anilines is 4. The summed E-state index contributed by atoms with van der Waals surface area (Å²) in [5, 5.41) is 0. The Morgan fingerprint density at radius 2 is 0.780 bits per heavy atom. The van der Waals surface area contributed by atoms with Crippen molar-refractivity contribution in [2.24, 2.45) is 0 Å². The van der Waals surface area contributed by atoms with E-state index < -0.39 is 0 Å². The minimum atomic E-state index is -0.100. The lowest BCUT2D eigenvalue weighted by Crippen LogP contribution is -2.51. The number of amides is 6. The Morgan fingerprint density at radius 3 is 1.22 bits per heavy atom. The molecular formula is C32H34N6O3. The van der Waals surface area contributed by atoms with Crippen LogP contribution >= 0.6 is 0 Å². The van der Waals surface area contributed by atoms with Gasteiger partial charge in [-0.15, -0.1) is 0 Å². The molecule has 4 heterocycles. The smallest absolute Gasteiger partial charge is 0.320 e. The molecule has 0 radical (unpaired) electrons. The number of hydrogen-bond donors (Lipinski definition) is 0. The first-order valence-electron chi connectivity index (χ1n) is 14.5. The fourth-order valence-electron chi connectivity index (χ4n) is 6.46. The highest BCUT2D eigenvalue weighted by molar-refractivity contribution is 6.05. The number of rotatable bonds is 0. The third-order valence-electron chi connectivity index (χ3n) is 8.49. The Kier molecular flexibility index (Phi) is 6.49. The second-order valence-electron chi connectivity index (χ2n) is 11.2. The molecule has 0 unspecified atom stereocenters. The van der Waals surface area contributed by atoms with Crippen LogP contribution in [0.5, 0.6) is 0 Å². The zero-order chi connectivity index (χ0) is 27.9. The van der Waals surface area contributed by atoms with E-state index in [2.05, 4.69) is 6.07 Å². The van der Waals surface area contributed by atoms with E-state index in [1.807, 2.05) is 86.3 Å². The van der Waals surface area contributed by atoms with Gasteiger partial charge in [0.15, 0.2) is 0 Å². The predicted octanol–water partition coefficient (Wildman–Crippen LogP) is 5.50. The van der Waals surface area contributed by atoms with Gasteiger partial charge in [-0.05, 0) is 66.8 Å². The Bertz CT molecular complexity index is 1400. The van der Waals surface area contributed by atoms with Crippen molar-refractivity contribution < 1.29 is 14.4 Å². The van der Waals surface area contributed by atoms with Crippen molar-refractivity contribution in [2.45, 2.75) is 32.4 Å². The molecule has 0 aromatic heterocycles. The molecule has 0 aliphatic carbocycles. The van der Waals surface area contributed by atoms with Gasteiger partial charge in [-0.2, -0.15) is 0 Å². The number of hydrogen-bond acceptors (Lipinski definition) is 3. The molecule has 0 atom stereocenters. The molecule has 0 saturated carbocycles. The highest BCUT2D eigenvalue weighted by Crippen LogP contribution is 2.32. The Balaban J connectivity index is 1.31. The normalized spacial score (nSPS) is 19.5. The minimum Gasteiger partial charge on any atom is -0.320 e. The summed E-state index contributed by atoms with van der Waals surface area (Å²) in [5.74, 6) is 0. The molecular weight excluding hydrogens is 516 g/mol. The molecule has 12 bridgehead atoms. The molecule has 4 aliphatic heterocycles. The van der Waals surface area contributed by atoms with Crippen molar-refractivity contribution >= 4 is 40.8 Å². The average Bonchev–Trinajstić information content (AvgIpc) is 2.99. The monoisotopic (exact) mass is 550 g/mol.